The third kappa shape index (κ3) is 3.04. The van der Waals surface area contributed by atoms with Crippen molar-refractivity contribution in [3.05, 3.63) is 24.5 Å². The van der Waals surface area contributed by atoms with Crippen molar-refractivity contribution in [3.63, 3.8) is 0 Å². The summed E-state index contributed by atoms with van der Waals surface area (Å²) in [6, 6.07) is 0.432. The first-order valence-corrected chi connectivity index (χ1v) is 8.43. The van der Waals surface area contributed by atoms with E-state index in [0.29, 0.717) is 36.4 Å². The molecule has 24 heavy (non-hydrogen) atoms. The molecule has 0 spiro atoms. The summed E-state index contributed by atoms with van der Waals surface area (Å²) in [5.74, 6) is 1.01. The molecule has 128 valence electrons. The molecule has 0 saturated carbocycles. The zero-order valence-electron chi connectivity index (χ0n) is 13.7. The number of rotatable bonds is 3. The Morgan fingerprint density at radius 1 is 1.25 bits per heavy atom. The maximum absolute atomic E-state index is 10.2. The highest BCUT2D eigenvalue weighted by Gasteiger charge is 2.40. The Hall–Kier alpha value is -1.90. The Balaban J connectivity index is 1.54. The maximum atomic E-state index is 10.2. The van der Waals surface area contributed by atoms with Crippen molar-refractivity contribution in [3.8, 4) is 11.5 Å². The first-order chi connectivity index (χ1) is 11.7. The summed E-state index contributed by atoms with van der Waals surface area (Å²) >= 11 is 0. The zero-order chi connectivity index (χ0) is 16.5. The van der Waals surface area contributed by atoms with Crippen LogP contribution >= 0.6 is 0 Å². The Morgan fingerprint density at radius 2 is 2.08 bits per heavy atom. The van der Waals surface area contributed by atoms with E-state index in [1.165, 1.54) is 0 Å². The summed E-state index contributed by atoms with van der Waals surface area (Å²) in [5, 5.41) is 14.2. The van der Waals surface area contributed by atoms with Gasteiger partial charge in [0, 0.05) is 25.0 Å². The average molecular weight is 330 g/mol. The van der Waals surface area contributed by atoms with E-state index >= 15 is 0 Å². The van der Waals surface area contributed by atoms with E-state index in [-0.39, 0.29) is 12.1 Å². The fourth-order valence-corrected chi connectivity index (χ4v) is 3.70. The molecule has 2 aromatic rings. The van der Waals surface area contributed by atoms with E-state index in [9.17, 15) is 5.11 Å². The van der Waals surface area contributed by atoms with Crippen LogP contribution in [0.25, 0.3) is 11.5 Å². The minimum Gasteiger partial charge on any atom is -0.392 e. The summed E-state index contributed by atoms with van der Waals surface area (Å²) in [5.41, 5.74) is 0.594. The van der Waals surface area contributed by atoms with E-state index in [0.717, 1.165) is 25.9 Å². The van der Waals surface area contributed by atoms with Crippen LogP contribution in [0.2, 0.25) is 0 Å². The molecule has 2 saturated heterocycles. The minimum absolute atomic E-state index is 0.0219. The van der Waals surface area contributed by atoms with Crippen molar-refractivity contribution in [1.29, 1.82) is 0 Å². The first kappa shape index (κ1) is 15.6. The van der Waals surface area contributed by atoms with Crippen LogP contribution < -0.4 is 0 Å². The summed E-state index contributed by atoms with van der Waals surface area (Å²) in [4.78, 5) is 17.4. The third-order valence-electron chi connectivity index (χ3n) is 4.99. The average Bonchev–Trinajstić information content (AvgIpc) is 3.23. The van der Waals surface area contributed by atoms with Gasteiger partial charge in [0.2, 0.25) is 11.7 Å². The maximum Gasteiger partial charge on any atom is 0.244 e. The van der Waals surface area contributed by atoms with Crippen molar-refractivity contribution < 1.29 is 9.63 Å². The summed E-state index contributed by atoms with van der Waals surface area (Å²) in [6.07, 6.45) is 7.33. The van der Waals surface area contributed by atoms with Gasteiger partial charge in [0.25, 0.3) is 0 Å². The van der Waals surface area contributed by atoms with Gasteiger partial charge in [-0.2, -0.15) is 4.98 Å². The molecule has 0 radical (unpaired) electrons. The van der Waals surface area contributed by atoms with E-state index in [1.807, 2.05) is 0 Å². The van der Waals surface area contributed by atoms with Gasteiger partial charge in [-0.3, -0.25) is 9.88 Å². The zero-order valence-corrected chi connectivity index (χ0v) is 13.7. The molecule has 2 aromatic heterocycles. The molecule has 8 heteroatoms. The van der Waals surface area contributed by atoms with Gasteiger partial charge in [0.1, 0.15) is 5.69 Å². The van der Waals surface area contributed by atoms with Crippen molar-refractivity contribution >= 4 is 0 Å². The summed E-state index contributed by atoms with van der Waals surface area (Å²) in [6.45, 7) is 2.83. The smallest absolute Gasteiger partial charge is 0.244 e. The predicted molar refractivity (Wildman–Crippen MR) is 85.9 cm³/mol. The number of β-amino-alcohol motifs (C(OH)–C–C–N with tert-alkyl or cyclic N) is 1. The standard InChI is InChI=1S/C16H22N6O2/c1-21-6-2-11(3-7-21)22-10-12(23)8-14(22)16-19-15(20-24-16)13-9-17-4-5-18-13/h4-5,9,11-12,14,23H,2-3,6-8,10H2,1H3/t12-,14+/m1/s1. The second kappa shape index (κ2) is 6.54. The van der Waals surface area contributed by atoms with Crippen molar-refractivity contribution in [2.75, 3.05) is 26.7 Å². The Labute approximate surface area is 140 Å². The fraction of sp³-hybridized carbons (Fsp3) is 0.625. The third-order valence-corrected chi connectivity index (χ3v) is 4.99. The molecule has 2 aliphatic rings. The molecule has 0 aromatic carbocycles. The molecule has 1 N–H and O–H groups in total. The summed E-state index contributed by atoms with van der Waals surface area (Å²) < 4.78 is 5.50. The highest BCUT2D eigenvalue weighted by Crippen LogP contribution is 2.36. The van der Waals surface area contributed by atoms with Crippen LogP contribution in [-0.2, 0) is 0 Å². The van der Waals surface area contributed by atoms with E-state index < -0.39 is 0 Å². The Morgan fingerprint density at radius 3 is 2.83 bits per heavy atom. The highest BCUT2D eigenvalue weighted by molar-refractivity contribution is 5.45. The van der Waals surface area contributed by atoms with Crippen LogP contribution in [0.5, 0.6) is 0 Å². The van der Waals surface area contributed by atoms with Crippen LogP contribution in [0.4, 0.5) is 0 Å². The summed E-state index contributed by atoms with van der Waals surface area (Å²) in [7, 11) is 2.15. The molecule has 0 aliphatic carbocycles. The van der Waals surface area contributed by atoms with E-state index in [2.05, 4.69) is 37.0 Å². The number of piperidine rings is 1. The predicted octanol–water partition coefficient (Wildman–Crippen LogP) is 0.728. The van der Waals surface area contributed by atoms with Gasteiger partial charge in [0.15, 0.2) is 0 Å². The molecular weight excluding hydrogens is 308 g/mol. The number of likely N-dealkylation sites (tertiary alicyclic amines) is 2. The number of aromatic nitrogens is 4. The number of aliphatic hydroxyl groups is 1. The van der Waals surface area contributed by atoms with Crippen LogP contribution in [0, 0.1) is 0 Å². The number of hydrogen-bond acceptors (Lipinski definition) is 8. The van der Waals surface area contributed by atoms with Gasteiger partial charge in [-0.05, 0) is 39.4 Å². The number of aliphatic hydroxyl groups excluding tert-OH is 1. The van der Waals surface area contributed by atoms with Crippen molar-refractivity contribution in [2.24, 2.45) is 0 Å². The lowest BCUT2D eigenvalue weighted by atomic mass is 10.0. The number of hydrogen-bond donors (Lipinski definition) is 1. The molecule has 0 bridgehead atoms. The fourth-order valence-electron chi connectivity index (χ4n) is 3.70. The molecule has 4 rings (SSSR count). The molecule has 2 atom stereocenters. The van der Waals surface area contributed by atoms with Gasteiger partial charge in [-0.25, -0.2) is 4.98 Å². The van der Waals surface area contributed by atoms with Gasteiger partial charge >= 0.3 is 0 Å². The van der Waals surface area contributed by atoms with Gasteiger partial charge < -0.3 is 14.5 Å². The van der Waals surface area contributed by atoms with Crippen molar-refractivity contribution in [2.45, 2.75) is 37.5 Å². The minimum atomic E-state index is -0.346. The molecule has 2 aliphatic heterocycles. The van der Waals surface area contributed by atoms with Gasteiger partial charge in [-0.15, -0.1) is 0 Å². The van der Waals surface area contributed by atoms with Crippen LogP contribution in [-0.4, -0.2) is 73.8 Å². The molecule has 0 unspecified atom stereocenters. The van der Waals surface area contributed by atoms with Crippen molar-refractivity contribution in [1.82, 2.24) is 29.9 Å². The first-order valence-electron chi connectivity index (χ1n) is 8.43. The quantitative estimate of drug-likeness (QED) is 0.880. The Bertz CT molecular complexity index is 670. The monoisotopic (exact) mass is 330 g/mol. The molecule has 8 nitrogen and oxygen atoms in total. The van der Waals surface area contributed by atoms with Gasteiger partial charge in [-0.1, -0.05) is 5.16 Å². The van der Waals surface area contributed by atoms with E-state index in [1.54, 1.807) is 18.6 Å². The second-order valence-corrected chi connectivity index (χ2v) is 6.68. The number of nitrogens with zero attached hydrogens (tertiary/aromatic N) is 6. The topological polar surface area (TPSA) is 91.4 Å². The SMILES string of the molecule is CN1CCC(N2C[C@H](O)C[C@H]2c2nc(-c3cnccn3)no2)CC1. The van der Waals surface area contributed by atoms with Gasteiger partial charge in [0.05, 0.1) is 18.3 Å². The van der Waals surface area contributed by atoms with Crippen LogP contribution in [0.15, 0.2) is 23.1 Å². The van der Waals surface area contributed by atoms with Crippen LogP contribution in [0.1, 0.15) is 31.2 Å². The highest BCUT2D eigenvalue weighted by atomic mass is 16.5. The van der Waals surface area contributed by atoms with E-state index in [4.69, 9.17) is 4.52 Å². The molecule has 2 fully saturated rings. The largest absolute Gasteiger partial charge is 0.392 e. The Kier molecular flexibility index (Phi) is 4.26. The molecular formula is C16H22N6O2. The lowest BCUT2D eigenvalue weighted by Gasteiger charge is -2.37. The molecule has 4 heterocycles. The normalized spacial score (nSPS) is 26.9. The lowest BCUT2D eigenvalue weighted by molar-refractivity contribution is 0.0881. The molecule has 0 amide bonds. The second-order valence-electron chi connectivity index (χ2n) is 6.68. The lowest BCUT2D eigenvalue weighted by Crippen LogP contribution is -2.43. The van der Waals surface area contributed by atoms with Crippen LogP contribution in [0.3, 0.4) is 0 Å².